The number of carboxylic acid groups (broad SMARTS) is 1. The fraction of sp³-hybridized carbons (Fsp3) is 0.533. The molecule has 0 amide bonds. The van der Waals surface area contributed by atoms with Crippen LogP contribution in [-0.4, -0.2) is 29.3 Å². The lowest BCUT2D eigenvalue weighted by Gasteiger charge is -2.34. The van der Waals surface area contributed by atoms with Gasteiger partial charge < -0.3 is 20.3 Å². The smallest absolute Gasteiger partial charge is 0.323 e. The van der Waals surface area contributed by atoms with E-state index in [1.54, 1.807) is 0 Å². The van der Waals surface area contributed by atoms with Crippen molar-refractivity contribution < 1.29 is 19.4 Å². The molecule has 0 aliphatic heterocycles. The van der Waals surface area contributed by atoms with Gasteiger partial charge in [0.1, 0.15) is 11.6 Å². The maximum atomic E-state index is 11.2. The molecular formula is C15H21NO4. The maximum Gasteiger partial charge on any atom is 0.323 e. The molecular weight excluding hydrogens is 258 g/mol. The Morgan fingerprint density at radius 2 is 2.15 bits per heavy atom. The molecule has 110 valence electrons. The first-order valence-electron chi connectivity index (χ1n) is 6.96. The Balaban J connectivity index is 2.08. The van der Waals surface area contributed by atoms with E-state index in [2.05, 4.69) is 0 Å². The van der Waals surface area contributed by atoms with Gasteiger partial charge in [0.05, 0.1) is 6.61 Å². The fourth-order valence-corrected chi connectivity index (χ4v) is 2.55. The quantitative estimate of drug-likeness (QED) is 0.863. The number of benzene rings is 1. The first-order valence-corrected chi connectivity index (χ1v) is 6.96. The van der Waals surface area contributed by atoms with E-state index >= 15 is 0 Å². The molecule has 0 radical (unpaired) electrons. The number of nitrogens with two attached hydrogens (primary N) is 1. The van der Waals surface area contributed by atoms with Crippen molar-refractivity contribution in [2.45, 2.75) is 44.2 Å². The highest BCUT2D eigenvalue weighted by Crippen LogP contribution is 2.33. The lowest BCUT2D eigenvalue weighted by molar-refractivity contribution is -0.145. The Bertz CT molecular complexity index is 477. The van der Waals surface area contributed by atoms with E-state index in [4.69, 9.17) is 15.2 Å². The fourth-order valence-electron chi connectivity index (χ4n) is 2.55. The molecule has 2 rings (SSSR count). The molecule has 0 spiro atoms. The first kappa shape index (κ1) is 14.7. The summed E-state index contributed by atoms with van der Waals surface area (Å²) in [6.45, 7) is 2.47. The maximum absolute atomic E-state index is 11.2. The summed E-state index contributed by atoms with van der Waals surface area (Å²) in [5.74, 6) is 0.372. The number of rotatable bonds is 5. The molecule has 2 unspecified atom stereocenters. The number of ether oxygens (including phenoxy) is 2. The molecule has 0 saturated heterocycles. The van der Waals surface area contributed by atoms with Crippen molar-refractivity contribution in [3.63, 3.8) is 0 Å². The topological polar surface area (TPSA) is 81.8 Å². The highest BCUT2D eigenvalue weighted by atomic mass is 16.5. The molecule has 0 bridgehead atoms. The van der Waals surface area contributed by atoms with Crippen molar-refractivity contribution in [3.8, 4) is 11.5 Å². The van der Waals surface area contributed by atoms with Gasteiger partial charge in [-0.25, -0.2) is 0 Å². The molecule has 0 aromatic heterocycles. The average molecular weight is 279 g/mol. The number of hydrogen-bond donors (Lipinski definition) is 2. The van der Waals surface area contributed by atoms with Gasteiger partial charge in [-0.1, -0.05) is 12.1 Å². The first-order chi connectivity index (χ1) is 9.55. The van der Waals surface area contributed by atoms with Crippen molar-refractivity contribution >= 4 is 5.97 Å². The van der Waals surface area contributed by atoms with Gasteiger partial charge in [-0.15, -0.1) is 0 Å². The summed E-state index contributed by atoms with van der Waals surface area (Å²) in [6.07, 6.45) is 2.20. The number of aliphatic carboxylic acids is 1. The standard InChI is InChI=1S/C15H21NO4/c1-2-19-12-7-3-4-8-13(12)20-11-6-5-9-15(16,10-11)14(17)18/h3-4,7-8,11H,2,5-6,9-10,16H2,1H3,(H,17,18). The van der Waals surface area contributed by atoms with Crippen molar-refractivity contribution in [3.05, 3.63) is 24.3 Å². The minimum Gasteiger partial charge on any atom is -0.490 e. The van der Waals surface area contributed by atoms with Crippen molar-refractivity contribution in [2.75, 3.05) is 6.61 Å². The number of carbonyl (C=O) groups is 1. The van der Waals surface area contributed by atoms with Crippen molar-refractivity contribution in [1.82, 2.24) is 0 Å². The van der Waals surface area contributed by atoms with Crippen LogP contribution < -0.4 is 15.2 Å². The Morgan fingerprint density at radius 1 is 1.45 bits per heavy atom. The molecule has 1 aromatic carbocycles. The van der Waals surface area contributed by atoms with Crippen LogP contribution >= 0.6 is 0 Å². The second-order valence-electron chi connectivity index (χ2n) is 5.18. The van der Waals surface area contributed by atoms with Crippen molar-refractivity contribution in [1.29, 1.82) is 0 Å². The van der Waals surface area contributed by atoms with E-state index in [1.165, 1.54) is 0 Å². The van der Waals surface area contributed by atoms with Crippen LogP contribution in [0.5, 0.6) is 11.5 Å². The summed E-state index contributed by atoms with van der Waals surface area (Å²) in [7, 11) is 0. The molecule has 1 aliphatic rings. The number of para-hydroxylation sites is 2. The summed E-state index contributed by atoms with van der Waals surface area (Å²) in [4.78, 5) is 11.2. The summed E-state index contributed by atoms with van der Waals surface area (Å²) >= 11 is 0. The summed E-state index contributed by atoms with van der Waals surface area (Å²) in [5, 5.41) is 9.21. The zero-order valence-corrected chi connectivity index (χ0v) is 11.7. The Hall–Kier alpha value is -1.75. The van der Waals surface area contributed by atoms with E-state index in [1.807, 2.05) is 31.2 Å². The average Bonchev–Trinajstić information content (AvgIpc) is 2.41. The van der Waals surface area contributed by atoms with Crippen LogP contribution in [0.15, 0.2) is 24.3 Å². The van der Waals surface area contributed by atoms with Gasteiger partial charge in [-0.2, -0.15) is 0 Å². The largest absolute Gasteiger partial charge is 0.490 e. The van der Waals surface area contributed by atoms with Crippen LogP contribution in [0.3, 0.4) is 0 Å². The monoisotopic (exact) mass is 279 g/mol. The van der Waals surface area contributed by atoms with Crippen LogP contribution in [0.25, 0.3) is 0 Å². The molecule has 1 saturated carbocycles. The van der Waals surface area contributed by atoms with E-state index in [0.717, 1.165) is 12.8 Å². The summed E-state index contributed by atoms with van der Waals surface area (Å²) in [5.41, 5.74) is 4.75. The zero-order valence-electron chi connectivity index (χ0n) is 11.7. The Kier molecular flexibility index (Phi) is 4.49. The van der Waals surface area contributed by atoms with Crippen LogP contribution in [0.1, 0.15) is 32.6 Å². The third kappa shape index (κ3) is 3.22. The Labute approximate surface area is 118 Å². The zero-order chi connectivity index (χ0) is 14.6. The number of carboxylic acids is 1. The third-order valence-electron chi connectivity index (χ3n) is 3.61. The molecule has 20 heavy (non-hydrogen) atoms. The second kappa shape index (κ2) is 6.13. The minimum absolute atomic E-state index is 0.188. The van der Waals surface area contributed by atoms with Gasteiger partial charge in [0.15, 0.2) is 11.5 Å². The molecule has 5 nitrogen and oxygen atoms in total. The highest BCUT2D eigenvalue weighted by molar-refractivity contribution is 5.78. The van der Waals surface area contributed by atoms with Crippen LogP contribution in [0.2, 0.25) is 0 Å². The van der Waals surface area contributed by atoms with E-state index in [0.29, 0.717) is 30.9 Å². The van der Waals surface area contributed by atoms with Gasteiger partial charge >= 0.3 is 5.97 Å². The van der Waals surface area contributed by atoms with E-state index in [9.17, 15) is 9.90 Å². The van der Waals surface area contributed by atoms with Gasteiger partial charge in [0.2, 0.25) is 0 Å². The SMILES string of the molecule is CCOc1ccccc1OC1CCCC(N)(C(=O)O)C1. The normalized spacial score (nSPS) is 26.0. The van der Waals surface area contributed by atoms with Gasteiger partial charge in [-0.3, -0.25) is 4.79 Å². The highest BCUT2D eigenvalue weighted by Gasteiger charge is 2.40. The van der Waals surface area contributed by atoms with Crippen molar-refractivity contribution in [2.24, 2.45) is 5.73 Å². The predicted octanol–water partition coefficient (Wildman–Crippen LogP) is 2.19. The summed E-state index contributed by atoms with van der Waals surface area (Å²) in [6, 6.07) is 7.42. The second-order valence-corrected chi connectivity index (χ2v) is 5.18. The third-order valence-corrected chi connectivity index (χ3v) is 3.61. The molecule has 5 heteroatoms. The molecule has 3 N–H and O–H groups in total. The molecule has 1 aliphatic carbocycles. The molecule has 1 fully saturated rings. The number of hydrogen-bond acceptors (Lipinski definition) is 4. The molecule has 0 heterocycles. The lowest BCUT2D eigenvalue weighted by atomic mass is 9.81. The van der Waals surface area contributed by atoms with Gasteiger partial charge in [0.25, 0.3) is 0 Å². The Morgan fingerprint density at radius 3 is 2.80 bits per heavy atom. The predicted molar refractivity (Wildman–Crippen MR) is 75.0 cm³/mol. The van der Waals surface area contributed by atoms with E-state index in [-0.39, 0.29) is 6.10 Å². The van der Waals surface area contributed by atoms with Gasteiger partial charge in [0, 0.05) is 6.42 Å². The lowest BCUT2D eigenvalue weighted by Crippen LogP contribution is -2.53. The minimum atomic E-state index is -1.18. The van der Waals surface area contributed by atoms with Crippen LogP contribution in [-0.2, 0) is 4.79 Å². The van der Waals surface area contributed by atoms with Gasteiger partial charge in [-0.05, 0) is 38.3 Å². The van der Waals surface area contributed by atoms with Crippen LogP contribution in [0, 0.1) is 0 Å². The summed E-state index contributed by atoms with van der Waals surface area (Å²) < 4.78 is 11.4. The molecule has 1 aromatic rings. The van der Waals surface area contributed by atoms with Crippen LogP contribution in [0.4, 0.5) is 0 Å². The van der Waals surface area contributed by atoms with E-state index < -0.39 is 11.5 Å². The molecule has 2 atom stereocenters.